The van der Waals surface area contributed by atoms with E-state index in [-0.39, 0.29) is 0 Å². The summed E-state index contributed by atoms with van der Waals surface area (Å²) in [5, 5.41) is 67.5. The third kappa shape index (κ3) is 2.87. The Balaban J connectivity index is 2.17. The van der Waals surface area contributed by atoms with Gasteiger partial charge in [-0.3, -0.25) is 0 Å². The van der Waals surface area contributed by atoms with Crippen LogP contribution in [0.1, 0.15) is 6.92 Å². The van der Waals surface area contributed by atoms with Crippen molar-refractivity contribution < 1.29 is 50.0 Å². The third-order valence-electron chi connectivity index (χ3n) is 4.02. The molecular weight excluding hydrogens is 304 g/mol. The van der Waals surface area contributed by atoms with E-state index in [1.165, 1.54) is 6.92 Å². The summed E-state index contributed by atoms with van der Waals surface area (Å²) in [4.78, 5) is 0. The zero-order chi connectivity index (χ0) is 16.7. The number of hydrogen-bond donors (Lipinski definition) is 7. The van der Waals surface area contributed by atoms with Gasteiger partial charge >= 0.3 is 0 Å². The fourth-order valence-electron chi connectivity index (χ4n) is 2.60. The van der Waals surface area contributed by atoms with E-state index >= 15 is 0 Å². The van der Waals surface area contributed by atoms with Crippen LogP contribution in [0.15, 0.2) is 0 Å². The number of aliphatic hydroxyl groups excluding tert-OH is 7. The van der Waals surface area contributed by atoms with Crippen molar-refractivity contribution >= 4 is 0 Å². The molecule has 0 saturated carbocycles. The van der Waals surface area contributed by atoms with Crippen molar-refractivity contribution in [2.75, 3.05) is 13.2 Å². The highest BCUT2D eigenvalue weighted by atomic mass is 16.8. The maximum atomic E-state index is 9.98. The average Bonchev–Trinajstić information content (AvgIpc) is 2.72. The standard InChI is InChI=1S/C12H22O10/c1-4-6(15)10(19)12(3-14,21-4)22-11-9(18)8(17)7(16)5(2-13)20-11/h4-11,13-19H,2-3H2,1H3/t4-,5+,6+,7+,8-,9+,10-,11+,12-/m0/s1. The van der Waals surface area contributed by atoms with Crippen LogP contribution in [0.2, 0.25) is 0 Å². The molecule has 0 aromatic heterocycles. The first-order valence-corrected chi connectivity index (χ1v) is 6.90. The monoisotopic (exact) mass is 326 g/mol. The van der Waals surface area contributed by atoms with Gasteiger partial charge in [0.05, 0.1) is 12.7 Å². The molecule has 7 N–H and O–H groups in total. The van der Waals surface area contributed by atoms with Crippen molar-refractivity contribution in [3.63, 3.8) is 0 Å². The molecule has 2 rings (SSSR count). The number of rotatable bonds is 4. The van der Waals surface area contributed by atoms with Crippen LogP contribution < -0.4 is 0 Å². The molecule has 0 aliphatic carbocycles. The van der Waals surface area contributed by atoms with E-state index in [1.807, 2.05) is 0 Å². The summed E-state index contributed by atoms with van der Waals surface area (Å²) in [6.45, 7) is -0.0636. The highest BCUT2D eigenvalue weighted by molar-refractivity contribution is 4.97. The highest BCUT2D eigenvalue weighted by Crippen LogP contribution is 2.35. The van der Waals surface area contributed by atoms with Crippen molar-refractivity contribution in [3.8, 4) is 0 Å². The topological polar surface area (TPSA) is 169 Å². The van der Waals surface area contributed by atoms with Gasteiger partial charge in [0.25, 0.3) is 0 Å². The lowest BCUT2D eigenvalue weighted by atomic mass is 9.99. The van der Waals surface area contributed by atoms with Crippen molar-refractivity contribution in [1.82, 2.24) is 0 Å². The fourth-order valence-corrected chi connectivity index (χ4v) is 2.60. The molecule has 22 heavy (non-hydrogen) atoms. The van der Waals surface area contributed by atoms with Crippen LogP contribution in [-0.4, -0.2) is 104 Å². The molecule has 0 radical (unpaired) electrons. The molecule has 10 heteroatoms. The summed E-state index contributed by atoms with van der Waals surface area (Å²) in [6.07, 6.45) is -11.6. The van der Waals surface area contributed by atoms with Gasteiger partial charge in [0.2, 0.25) is 5.79 Å². The molecule has 0 unspecified atom stereocenters. The summed E-state index contributed by atoms with van der Waals surface area (Å²) < 4.78 is 15.6. The van der Waals surface area contributed by atoms with Gasteiger partial charge in [0.1, 0.15) is 43.2 Å². The normalized spacial score (nSPS) is 52.9. The van der Waals surface area contributed by atoms with Crippen molar-refractivity contribution in [1.29, 1.82) is 0 Å². The number of aliphatic hydroxyl groups is 7. The van der Waals surface area contributed by atoms with Gasteiger partial charge in [0, 0.05) is 0 Å². The zero-order valence-corrected chi connectivity index (χ0v) is 11.9. The van der Waals surface area contributed by atoms with Crippen LogP contribution >= 0.6 is 0 Å². The Labute approximate surface area is 126 Å². The zero-order valence-electron chi connectivity index (χ0n) is 11.9. The maximum absolute atomic E-state index is 9.98. The van der Waals surface area contributed by atoms with E-state index in [0.29, 0.717) is 0 Å². The lowest BCUT2D eigenvalue weighted by Gasteiger charge is -2.43. The Kier molecular flexibility index (Phi) is 5.39. The van der Waals surface area contributed by atoms with Crippen molar-refractivity contribution in [2.24, 2.45) is 0 Å². The molecule has 0 spiro atoms. The van der Waals surface area contributed by atoms with Gasteiger partial charge in [-0.25, -0.2) is 0 Å². The first-order valence-electron chi connectivity index (χ1n) is 6.90. The minimum atomic E-state index is -2.06. The summed E-state index contributed by atoms with van der Waals surface area (Å²) in [7, 11) is 0. The minimum absolute atomic E-state index is 0.653. The molecule has 2 aliphatic rings. The maximum Gasteiger partial charge on any atom is 0.223 e. The van der Waals surface area contributed by atoms with Crippen molar-refractivity contribution in [2.45, 2.75) is 61.7 Å². The van der Waals surface area contributed by atoms with Crippen LogP contribution in [0.3, 0.4) is 0 Å². The van der Waals surface area contributed by atoms with E-state index in [4.69, 9.17) is 19.3 Å². The predicted molar refractivity (Wildman–Crippen MR) is 67.2 cm³/mol. The van der Waals surface area contributed by atoms with Gasteiger partial charge in [-0.2, -0.15) is 0 Å². The molecule has 0 amide bonds. The van der Waals surface area contributed by atoms with E-state index in [2.05, 4.69) is 0 Å². The van der Waals surface area contributed by atoms with Crippen LogP contribution in [0.4, 0.5) is 0 Å². The summed E-state index contributed by atoms with van der Waals surface area (Å²) in [5.74, 6) is -2.06. The van der Waals surface area contributed by atoms with Crippen molar-refractivity contribution in [3.05, 3.63) is 0 Å². The Morgan fingerprint density at radius 3 is 2.05 bits per heavy atom. The number of hydrogen-bond acceptors (Lipinski definition) is 10. The molecule has 2 heterocycles. The van der Waals surface area contributed by atoms with Gasteiger partial charge in [-0.1, -0.05) is 0 Å². The first kappa shape index (κ1) is 17.9. The van der Waals surface area contributed by atoms with Gasteiger partial charge in [-0.05, 0) is 6.92 Å². The molecule has 2 saturated heterocycles. The van der Waals surface area contributed by atoms with Crippen LogP contribution in [0.25, 0.3) is 0 Å². The molecule has 2 fully saturated rings. The molecule has 0 aromatic rings. The Bertz CT molecular complexity index is 379. The number of ether oxygens (including phenoxy) is 3. The molecule has 10 nitrogen and oxygen atoms in total. The van der Waals surface area contributed by atoms with E-state index in [9.17, 15) is 30.6 Å². The summed E-state index contributed by atoms with van der Waals surface area (Å²) in [5.41, 5.74) is 0. The molecule has 130 valence electrons. The largest absolute Gasteiger partial charge is 0.394 e. The van der Waals surface area contributed by atoms with Crippen LogP contribution in [-0.2, 0) is 14.2 Å². The van der Waals surface area contributed by atoms with E-state index < -0.39 is 68.0 Å². The van der Waals surface area contributed by atoms with Gasteiger partial charge in [0.15, 0.2) is 6.29 Å². The quantitative estimate of drug-likeness (QED) is 0.268. The minimum Gasteiger partial charge on any atom is -0.394 e. The second-order valence-electron chi connectivity index (χ2n) is 5.54. The molecular formula is C12H22O10. The predicted octanol–water partition coefficient (Wildman–Crippen LogP) is -4.37. The highest BCUT2D eigenvalue weighted by Gasteiger charge is 2.57. The lowest BCUT2D eigenvalue weighted by molar-refractivity contribution is -0.382. The molecule has 0 aromatic carbocycles. The lowest BCUT2D eigenvalue weighted by Crippen LogP contribution is -2.62. The van der Waals surface area contributed by atoms with Gasteiger partial charge < -0.3 is 50.0 Å². The smallest absolute Gasteiger partial charge is 0.223 e. The third-order valence-corrected chi connectivity index (χ3v) is 4.02. The SMILES string of the molecule is C[C@@H]1O[C@@](CO)(O[C@H]2O[C@H](CO)[C@@H](O)[C@H](O)[C@H]2O)[C@@H](O)[C@@H]1O. The van der Waals surface area contributed by atoms with Gasteiger partial charge in [-0.15, -0.1) is 0 Å². The second kappa shape index (κ2) is 6.61. The molecule has 9 atom stereocenters. The molecule has 0 bridgehead atoms. The summed E-state index contributed by atoms with van der Waals surface area (Å²) >= 11 is 0. The summed E-state index contributed by atoms with van der Waals surface area (Å²) in [6, 6.07) is 0. The van der Waals surface area contributed by atoms with E-state index in [0.717, 1.165) is 0 Å². The Morgan fingerprint density at radius 2 is 1.59 bits per heavy atom. The van der Waals surface area contributed by atoms with E-state index in [1.54, 1.807) is 0 Å². The Hall–Kier alpha value is -0.400. The average molecular weight is 326 g/mol. The van der Waals surface area contributed by atoms with Crippen LogP contribution in [0, 0.1) is 0 Å². The first-order chi connectivity index (χ1) is 10.3. The fraction of sp³-hybridized carbons (Fsp3) is 1.00. The van der Waals surface area contributed by atoms with Crippen LogP contribution in [0.5, 0.6) is 0 Å². The Morgan fingerprint density at radius 1 is 0.955 bits per heavy atom. The molecule has 2 aliphatic heterocycles. The second-order valence-corrected chi connectivity index (χ2v) is 5.54.